The Hall–Kier alpha value is -2.57. The van der Waals surface area contributed by atoms with Crippen molar-refractivity contribution < 1.29 is 24.6 Å². The molecule has 7 heteroatoms. The van der Waals surface area contributed by atoms with Crippen LogP contribution in [0.15, 0.2) is 24.3 Å². The molecule has 0 aromatic heterocycles. The predicted octanol–water partition coefficient (Wildman–Crippen LogP) is 1.86. The van der Waals surface area contributed by atoms with Gasteiger partial charge in [0.05, 0.1) is 6.42 Å². The van der Waals surface area contributed by atoms with Gasteiger partial charge in [0.1, 0.15) is 6.04 Å². The van der Waals surface area contributed by atoms with E-state index in [2.05, 4.69) is 10.6 Å². The zero-order valence-corrected chi connectivity index (χ0v) is 11.8. The van der Waals surface area contributed by atoms with Gasteiger partial charge in [0, 0.05) is 5.69 Å². The van der Waals surface area contributed by atoms with Gasteiger partial charge in [-0.2, -0.15) is 0 Å². The molecule has 0 saturated heterocycles. The molecule has 2 amide bonds. The lowest BCUT2D eigenvalue weighted by Crippen LogP contribution is -2.44. The van der Waals surface area contributed by atoms with Crippen molar-refractivity contribution in [3.8, 4) is 0 Å². The van der Waals surface area contributed by atoms with Gasteiger partial charge in [-0.05, 0) is 23.6 Å². The molecular weight excluding hydrogens is 276 g/mol. The van der Waals surface area contributed by atoms with Crippen LogP contribution in [0.4, 0.5) is 10.5 Å². The van der Waals surface area contributed by atoms with Gasteiger partial charge in [0.15, 0.2) is 0 Å². The van der Waals surface area contributed by atoms with Gasteiger partial charge in [0.25, 0.3) is 0 Å². The lowest BCUT2D eigenvalue weighted by atomic mass is 10.0. The summed E-state index contributed by atoms with van der Waals surface area (Å²) < 4.78 is 0. The highest BCUT2D eigenvalue weighted by Crippen LogP contribution is 2.18. The number of hydrogen-bond acceptors (Lipinski definition) is 3. The molecule has 0 aliphatic heterocycles. The van der Waals surface area contributed by atoms with Crippen molar-refractivity contribution in [3.05, 3.63) is 29.8 Å². The fraction of sp³-hybridized carbons (Fsp3) is 0.357. The van der Waals surface area contributed by atoms with Gasteiger partial charge in [-0.1, -0.05) is 26.0 Å². The molecule has 1 aromatic carbocycles. The number of carboxylic acids is 2. The lowest BCUT2D eigenvalue weighted by molar-refractivity contribution is -0.145. The van der Waals surface area contributed by atoms with Crippen LogP contribution >= 0.6 is 0 Å². The van der Waals surface area contributed by atoms with Crippen molar-refractivity contribution in [1.82, 2.24) is 5.32 Å². The molecule has 114 valence electrons. The molecule has 1 atom stereocenters. The zero-order chi connectivity index (χ0) is 16.0. The normalized spacial score (nSPS) is 11.8. The van der Waals surface area contributed by atoms with Crippen molar-refractivity contribution in [2.45, 2.75) is 32.2 Å². The summed E-state index contributed by atoms with van der Waals surface area (Å²) in [6.07, 6.45) is -0.686. The first-order valence-electron chi connectivity index (χ1n) is 6.41. The molecule has 0 heterocycles. The van der Waals surface area contributed by atoms with E-state index in [0.717, 1.165) is 5.56 Å². The first-order valence-corrected chi connectivity index (χ1v) is 6.41. The third-order valence-corrected chi connectivity index (χ3v) is 2.79. The molecule has 0 fully saturated rings. The van der Waals surface area contributed by atoms with Gasteiger partial charge in [0.2, 0.25) is 0 Å². The van der Waals surface area contributed by atoms with E-state index in [1.807, 2.05) is 19.9 Å². The van der Waals surface area contributed by atoms with Crippen LogP contribution in [0.2, 0.25) is 0 Å². The first kappa shape index (κ1) is 16.5. The molecule has 0 saturated carbocycles. The van der Waals surface area contributed by atoms with Crippen molar-refractivity contribution in [2.75, 3.05) is 5.32 Å². The Bertz CT molecular complexity index is 542. The highest BCUT2D eigenvalue weighted by molar-refractivity contribution is 5.93. The van der Waals surface area contributed by atoms with E-state index in [4.69, 9.17) is 10.2 Å². The van der Waals surface area contributed by atoms with Crippen molar-refractivity contribution >= 4 is 23.7 Å². The quantitative estimate of drug-likeness (QED) is 0.639. The number of aliphatic carboxylic acids is 2. The number of nitrogens with one attached hydrogen (secondary N) is 2. The summed E-state index contributed by atoms with van der Waals surface area (Å²) in [5, 5.41) is 22.1. The molecule has 4 N–H and O–H groups in total. The van der Waals surface area contributed by atoms with E-state index >= 15 is 0 Å². The Morgan fingerprint density at radius 1 is 1.19 bits per heavy atom. The number of anilines is 1. The number of benzene rings is 1. The van der Waals surface area contributed by atoms with E-state index in [1.54, 1.807) is 18.2 Å². The third-order valence-electron chi connectivity index (χ3n) is 2.79. The number of hydrogen-bond donors (Lipinski definition) is 4. The van der Waals surface area contributed by atoms with Crippen LogP contribution in [0, 0.1) is 0 Å². The highest BCUT2D eigenvalue weighted by Gasteiger charge is 2.22. The predicted molar refractivity (Wildman–Crippen MR) is 76.4 cm³/mol. The molecule has 0 aliphatic rings. The van der Waals surface area contributed by atoms with Crippen LogP contribution in [-0.4, -0.2) is 34.2 Å². The van der Waals surface area contributed by atoms with Crippen LogP contribution in [0.5, 0.6) is 0 Å². The van der Waals surface area contributed by atoms with Crippen LogP contribution in [0.25, 0.3) is 0 Å². The summed E-state index contributed by atoms with van der Waals surface area (Å²) in [6.45, 7) is 4.01. The highest BCUT2D eigenvalue weighted by atomic mass is 16.4. The lowest BCUT2D eigenvalue weighted by Gasteiger charge is -2.14. The number of rotatable bonds is 6. The van der Waals surface area contributed by atoms with E-state index in [9.17, 15) is 14.4 Å². The van der Waals surface area contributed by atoms with Crippen LogP contribution in [0.1, 0.15) is 31.7 Å². The number of amides is 2. The average Bonchev–Trinajstić information content (AvgIpc) is 2.37. The fourth-order valence-corrected chi connectivity index (χ4v) is 1.68. The minimum Gasteiger partial charge on any atom is -0.481 e. The summed E-state index contributed by atoms with van der Waals surface area (Å²) >= 11 is 0. The van der Waals surface area contributed by atoms with Crippen molar-refractivity contribution in [1.29, 1.82) is 0 Å². The van der Waals surface area contributed by atoms with Gasteiger partial charge >= 0.3 is 18.0 Å². The monoisotopic (exact) mass is 294 g/mol. The molecule has 0 radical (unpaired) electrons. The molecule has 21 heavy (non-hydrogen) atoms. The Kier molecular flexibility index (Phi) is 5.71. The van der Waals surface area contributed by atoms with E-state index in [-0.39, 0.29) is 5.92 Å². The number of carbonyl (C=O) groups is 3. The molecule has 0 bridgehead atoms. The van der Waals surface area contributed by atoms with Crippen molar-refractivity contribution in [3.63, 3.8) is 0 Å². The molecule has 0 spiro atoms. The van der Waals surface area contributed by atoms with Crippen LogP contribution in [0.3, 0.4) is 0 Å². The number of carboxylic acid groups (broad SMARTS) is 2. The second-order valence-corrected chi connectivity index (χ2v) is 4.87. The summed E-state index contributed by atoms with van der Waals surface area (Å²) in [4.78, 5) is 33.1. The SMILES string of the molecule is CC(C)c1cccc(NC(=O)NC(CC(=O)O)C(=O)O)c1. The van der Waals surface area contributed by atoms with Crippen LogP contribution < -0.4 is 10.6 Å². The number of urea groups is 1. The maximum Gasteiger partial charge on any atom is 0.326 e. The Morgan fingerprint density at radius 2 is 1.86 bits per heavy atom. The van der Waals surface area contributed by atoms with Gasteiger partial charge < -0.3 is 20.8 Å². The largest absolute Gasteiger partial charge is 0.481 e. The van der Waals surface area contributed by atoms with E-state index in [0.29, 0.717) is 5.69 Å². The van der Waals surface area contributed by atoms with Gasteiger partial charge in [-0.3, -0.25) is 4.79 Å². The average molecular weight is 294 g/mol. The molecular formula is C14H18N2O5. The minimum absolute atomic E-state index is 0.286. The fourth-order valence-electron chi connectivity index (χ4n) is 1.68. The second-order valence-electron chi connectivity index (χ2n) is 4.87. The summed E-state index contributed by atoms with van der Waals surface area (Å²) in [7, 11) is 0. The standard InChI is InChI=1S/C14H18N2O5/c1-8(2)9-4-3-5-10(6-9)15-14(21)16-11(13(19)20)7-12(17)18/h3-6,8,11H,7H2,1-2H3,(H,17,18)(H,19,20)(H2,15,16,21). The zero-order valence-electron chi connectivity index (χ0n) is 11.8. The Labute approximate surface area is 122 Å². The Balaban J connectivity index is 2.69. The molecule has 1 rings (SSSR count). The second kappa shape index (κ2) is 7.28. The molecule has 1 unspecified atom stereocenters. The first-order chi connectivity index (χ1) is 9.79. The van der Waals surface area contributed by atoms with Gasteiger partial charge in [-0.15, -0.1) is 0 Å². The number of carbonyl (C=O) groups excluding carboxylic acids is 1. The third kappa shape index (κ3) is 5.52. The summed E-state index contributed by atoms with van der Waals surface area (Å²) in [6, 6.07) is 4.89. The van der Waals surface area contributed by atoms with E-state index < -0.39 is 30.4 Å². The van der Waals surface area contributed by atoms with Gasteiger partial charge in [-0.25, -0.2) is 9.59 Å². The molecule has 0 aliphatic carbocycles. The van der Waals surface area contributed by atoms with Crippen LogP contribution in [-0.2, 0) is 9.59 Å². The molecule has 1 aromatic rings. The topological polar surface area (TPSA) is 116 Å². The van der Waals surface area contributed by atoms with Crippen molar-refractivity contribution in [2.24, 2.45) is 0 Å². The maximum atomic E-state index is 11.7. The summed E-state index contributed by atoms with van der Waals surface area (Å²) in [5.41, 5.74) is 1.53. The smallest absolute Gasteiger partial charge is 0.326 e. The maximum absolute atomic E-state index is 11.7. The minimum atomic E-state index is -1.48. The Morgan fingerprint density at radius 3 is 2.38 bits per heavy atom. The van der Waals surface area contributed by atoms with E-state index in [1.165, 1.54) is 0 Å². The molecule has 7 nitrogen and oxygen atoms in total. The summed E-state index contributed by atoms with van der Waals surface area (Å²) in [5.74, 6) is -2.42.